The standard InChI is InChI=1S/C20H21N5O2S/c26-18(25-13-11-24(12-14-25)17-8-4-5-10-21-17)9-15-28-20-23-22-19(27-20)16-6-2-1-3-7-16/h1-8,10H,9,11-15H2. The minimum absolute atomic E-state index is 0.163. The smallest absolute Gasteiger partial charge is 0.276 e. The molecule has 1 aliphatic heterocycles. The number of thioether (sulfide) groups is 1. The van der Waals surface area contributed by atoms with E-state index in [4.69, 9.17) is 4.42 Å². The third-order valence-corrected chi connectivity index (χ3v) is 5.39. The van der Waals surface area contributed by atoms with Crippen LogP contribution in [0, 0.1) is 0 Å². The molecule has 0 bridgehead atoms. The van der Waals surface area contributed by atoms with E-state index in [1.165, 1.54) is 11.8 Å². The number of carbonyl (C=O) groups excluding carboxylic acids is 1. The Labute approximate surface area is 167 Å². The van der Waals surface area contributed by atoms with E-state index in [-0.39, 0.29) is 5.91 Å². The molecule has 0 N–H and O–H groups in total. The molecule has 1 fully saturated rings. The molecular formula is C20H21N5O2S. The lowest BCUT2D eigenvalue weighted by atomic mass is 10.2. The summed E-state index contributed by atoms with van der Waals surface area (Å²) in [6.07, 6.45) is 2.25. The van der Waals surface area contributed by atoms with Crippen LogP contribution >= 0.6 is 11.8 Å². The Balaban J connectivity index is 1.22. The SMILES string of the molecule is O=C(CCSc1nnc(-c2ccccc2)o1)N1CCN(c2ccccn2)CC1. The highest BCUT2D eigenvalue weighted by Crippen LogP contribution is 2.23. The van der Waals surface area contributed by atoms with Crippen molar-refractivity contribution in [3.63, 3.8) is 0 Å². The second-order valence-electron chi connectivity index (χ2n) is 6.39. The number of hydrogen-bond acceptors (Lipinski definition) is 7. The third kappa shape index (κ3) is 4.51. The van der Waals surface area contributed by atoms with Gasteiger partial charge < -0.3 is 14.2 Å². The lowest BCUT2D eigenvalue weighted by molar-refractivity contribution is -0.131. The summed E-state index contributed by atoms with van der Waals surface area (Å²) in [4.78, 5) is 21.0. The van der Waals surface area contributed by atoms with Crippen molar-refractivity contribution in [2.24, 2.45) is 0 Å². The summed E-state index contributed by atoms with van der Waals surface area (Å²) in [5, 5.41) is 8.61. The topological polar surface area (TPSA) is 75.4 Å². The lowest BCUT2D eigenvalue weighted by Crippen LogP contribution is -2.49. The quantitative estimate of drug-likeness (QED) is 0.594. The minimum atomic E-state index is 0.163. The van der Waals surface area contributed by atoms with Gasteiger partial charge in [-0.25, -0.2) is 4.98 Å². The summed E-state index contributed by atoms with van der Waals surface area (Å²) >= 11 is 1.42. The van der Waals surface area contributed by atoms with Gasteiger partial charge in [-0.15, -0.1) is 10.2 Å². The van der Waals surface area contributed by atoms with Crippen LogP contribution in [0.2, 0.25) is 0 Å². The highest BCUT2D eigenvalue weighted by Gasteiger charge is 2.21. The first-order chi connectivity index (χ1) is 13.8. The highest BCUT2D eigenvalue weighted by molar-refractivity contribution is 7.99. The Morgan fingerprint density at radius 2 is 1.79 bits per heavy atom. The van der Waals surface area contributed by atoms with Crippen LogP contribution in [0.15, 0.2) is 64.4 Å². The van der Waals surface area contributed by atoms with Crippen molar-refractivity contribution in [2.45, 2.75) is 11.6 Å². The predicted octanol–water partition coefficient (Wildman–Crippen LogP) is 2.96. The highest BCUT2D eigenvalue weighted by atomic mass is 32.2. The molecule has 8 heteroatoms. The lowest BCUT2D eigenvalue weighted by Gasteiger charge is -2.35. The van der Waals surface area contributed by atoms with Crippen LogP contribution in [0.3, 0.4) is 0 Å². The summed E-state index contributed by atoms with van der Waals surface area (Å²) < 4.78 is 5.66. The first kappa shape index (κ1) is 18.5. The van der Waals surface area contributed by atoms with E-state index in [1.807, 2.05) is 53.4 Å². The molecule has 0 aliphatic carbocycles. The van der Waals surface area contributed by atoms with Crippen molar-refractivity contribution in [2.75, 3.05) is 36.8 Å². The molecule has 0 unspecified atom stereocenters. The largest absolute Gasteiger partial charge is 0.411 e. The third-order valence-electron chi connectivity index (χ3n) is 4.57. The summed E-state index contributed by atoms with van der Waals surface area (Å²) in [5.41, 5.74) is 0.892. The molecule has 0 atom stereocenters. The second kappa shape index (κ2) is 8.88. The number of amides is 1. The zero-order valence-electron chi connectivity index (χ0n) is 15.4. The van der Waals surface area contributed by atoms with Crippen LogP contribution < -0.4 is 4.90 Å². The molecule has 0 spiro atoms. The molecular weight excluding hydrogens is 374 g/mol. The monoisotopic (exact) mass is 395 g/mol. The molecule has 1 saturated heterocycles. The molecule has 1 amide bonds. The van der Waals surface area contributed by atoms with E-state index >= 15 is 0 Å². The second-order valence-corrected chi connectivity index (χ2v) is 7.44. The van der Waals surface area contributed by atoms with Gasteiger partial charge in [0.2, 0.25) is 11.8 Å². The summed E-state index contributed by atoms with van der Waals surface area (Å²) in [5.74, 6) is 2.25. The number of piperazine rings is 1. The minimum Gasteiger partial charge on any atom is -0.411 e. The molecule has 28 heavy (non-hydrogen) atoms. The molecule has 4 rings (SSSR count). The van der Waals surface area contributed by atoms with Crippen LogP contribution in [-0.2, 0) is 4.79 Å². The van der Waals surface area contributed by atoms with Crippen molar-refractivity contribution in [3.8, 4) is 11.5 Å². The van der Waals surface area contributed by atoms with Crippen LogP contribution in [0.4, 0.5) is 5.82 Å². The normalized spacial score (nSPS) is 14.3. The predicted molar refractivity (Wildman–Crippen MR) is 108 cm³/mol. The number of hydrogen-bond donors (Lipinski definition) is 0. The first-order valence-corrected chi connectivity index (χ1v) is 10.2. The van der Waals surface area contributed by atoms with Gasteiger partial charge in [-0.1, -0.05) is 36.0 Å². The molecule has 2 aromatic heterocycles. The average molecular weight is 395 g/mol. The molecule has 3 aromatic rings. The Bertz CT molecular complexity index is 895. The van der Waals surface area contributed by atoms with E-state index in [2.05, 4.69) is 20.1 Å². The van der Waals surface area contributed by atoms with Crippen molar-refractivity contribution >= 4 is 23.5 Å². The van der Waals surface area contributed by atoms with E-state index in [9.17, 15) is 4.79 Å². The summed E-state index contributed by atoms with van der Waals surface area (Å²) in [7, 11) is 0. The van der Waals surface area contributed by atoms with E-state index in [1.54, 1.807) is 6.20 Å². The number of carbonyl (C=O) groups is 1. The summed E-state index contributed by atoms with van der Waals surface area (Å²) in [6.45, 7) is 3.05. The Morgan fingerprint density at radius 1 is 1.00 bits per heavy atom. The van der Waals surface area contributed by atoms with Gasteiger partial charge in [0.25, 0.3) is 5.22 Å². The van der Waals surface area contributed by atoms with Crippen molar-refractivity contribution in [1.82, 2.24) is 20.1 Å². The van der Waals surface area contributed by atoms with Crippen molar-refractivity contribution < 1.29 is 9.21 Å². The molecule has 0 saturated carbocycles. The maximum Gasteiger partial charge on any atom is 0.276 e. The maximum absolute atomic E-state index is 12.5. The molecule has 7 nitrogen and oxygen atoms in total. The number of benzene rings is 1. The van der Waals surface area contributed by atoms with Gasteiger partial charge in [0.15, 0.2) is 0 Å². The molecule has 144 valence electrons. The number of nitrogens with zero attached hydrogens (tertiary/aromatic N) is 5. The number of rotatable bonds is 6. The Kier molecular flexibility index (Phi) is 5.86. The van der Waals surface area contributed by atoms with E-state index in [0.717, 1.165) is 37.6 Å². The van der Waals surface area contributed by atoms with Gasteiger partial charge in [-0.2, -0.15) is 0 Å². The Hall–Kier alpha value is -2.87. The number of aromatic nitrogens is 3. The maximum atomic E-state index is 12.5. The Morgan fingerprint density at radius 3 is 2.54 bits per heavy atom. The molecule has 1 aromatic carbocycles. The molecule has 0 radical (unpaired) electrons. The van der Waals surface area contributed by atoms with Gasteiger partial charge in [-0.3, -0.25) is 4.79 Å². The zero-order chi connectivity index (χ0) is 19.2. The fourth-order valence-electron chi connectivity index (χ4n) is 3.08. The fraction of sp³-hybridized carbons (Fsp3) is 0.300. The van der Waals surface area contributed by atoms with Crippen LogP contribution in [-0.4, -0.2) is 57.9 Å². The summed E-state index contributed by atoms with van der Waals surface area (Å²) in [6, 6.07) is 15.5. The van der Waals surface area contributed by atoms with Crippen molar-refractivity contribution in [3.05, 3.63) is 54.7 Å². The first-order valence-electron chi connectivity index (χ1n) is 9.25. The van der Waals surface area contributed by atoms with Crippen LogP contribution in [0.1, 0.15) is 6.42 Å². The molecule has 1 aliphatic rings. The van der Waals surface area contributed by atoms with Gasteiger partial charge in [-0.05, 0) is 24.3 Å². The molecule has 3 heterocycles. The van der Waals surface area contributed by atoms with E-state index in [0.29, 0.717) is 23.3 Å². The van der Waals surface area contributed by atoms with E-state index < -0.39 is 0 Å². The van der Waals surface area contributed by atoms with Crippen molar-refractivity contribution in [1.29, 1.82) is 0 Å². The van der Waals surface area contributed by atoms with Gasteiger partial charge >= 0.3 is 0 Å². The van der Waals surface area contributed by atoms with Crippen LogP contribution in [0.5, 0.6) is 0 Å². The van der Waals surface area contributed by atoms with Gasteiger partial charge in [0.1, 0.15) is 5.82 Å². The van der Waals surface area contributed by atoms with Gasteiger partial charge in [0, 0.05) is 50.1 Å². The van der Waals surface area contributed by atoms with Gasteiger partial charge in [0.05, 0.1) is 0 Å². The fourth-order valence-corrected chi connectivity index (χ4v) is 3.76. The number of pyridine rings is 1. The number of anilines is 1. The van der Waals surface area contributed by atoms with Crippen LogP contribution in [0.25, 0.3) is 11.5 Å². The average Bonchev–Trinajstić information content (AvgIpc) is 3.24. The zero-order valence-corrected chi connectivity index (χ0v) is 16.2.